The summed E-state index contributed by atoms with van der Waals surface area (Å²) in [4.78, 5) is 12.7. The number of halogens is 2. The molecule has 0 N–H and O–H groups in total. The van der Waals surface area contributed by atoms with Crippen molar-refractivity contribution in [3.8, 4) is 11.6 Å². The third-order valence-electron chi connectivity index (χ3n) is 2.93. The van der Waals surface area contributed by atoms with Crippen molar-refractivity contribution in [3.63, 3.8) is 0 Å². The standard InChI is InChI=1S/C15H11Cl2N3O/c1-2-13-19-12(17)8-14(20-13)21-11-6-5-10(16)9-4-3-7-18-15(9)11/h3-8H,2H2,1H3. The Labute approximate surface area is 131 Å². The van der Waals surface area contributed by atoms with Crippen LogP contribution in [-0.2, 0) is 6.42 Å². The molecular weight excluding hydrogens is 309 g/mol. The molecule has 0 spiro atoms. The molecule has 0 aliphatic carbocycles. The third kappa shape index (κ3) is 2.91. The van der Waals surface area contributed by atoms with E-state index in [4.69, 9.17) is 27.9 Å². The molecule has 0 saturated heterocycles. The van der Waals surface area contributed by atoms with E-state index in [2.05, 4.69) is 15.0 Å². The number of pyridine rings is 1. The Kier molecular flexibility index (Phi) is 3.90. The van der Waals surface area contributed by atoms with Crippen molar-refractivity contribution in [1.29, 1.82) is 0 Å². The number of hydrogen-bond donors (Lipinski definition) is 0. The summed E-state index contributed by atoms with van der Waals surface area (Å²) in [6.07, 6.45) is 2.37. The summed E-state index contributed by atoms with van der Waals surface area (Å²) in [5.74, 6) is 1.59. The van der Waals surface area contributed by atoms with Crippen molar-refractivity contribution in [1.82, 2.24) is 15.0 Å². The van der Waals surface area contributed by atoms with Crippen molar-refractivity contribution in [3.05, 3.63) is 52.5 Å². The Morgan fingerprint density at radius 2 is 2.00 bits per heavy atom. The monoisotopic (exact) mass is 319 g/mol. The molecule has 21 heavy (non-hydrogen) atoms. The molecule has 6 heteroatoms. The lowest BCUT2D eigenvalue weighted by Gasteiger charge is -2.09. The third-order valence-corrected chi connectivity index (χ3v) is 3.45. The van der Waals surface area contributed by atoms with Crippen molar-refractivity contribution >= 4 is 34.1 Å². The van der Waals surface area contributed by atoms with Crippen LogP contribution in [0.2, 0.25) is 10.2 Å². The predicted octanol–water partition coefficient (Wildman–Crippen LogP) is 4.69. The maximum atomic E-state index is 6.16. The van der Waals surface area contributed by atoms with Crippen molar-refractivity contribution in [2.24, 2.45) is 0 Å². The van der Waals surface area contributed by atoms with E-state index in [0.717, 1.165) is 5.39 Å². The summed E-state index contributed by atoms with van der Waals surface area (Å²) < 4.78 is 5.81. The topological polar surface area (TPSA) is 47.9 Å². The van der Waals surface area contributed by atoms with Gasteiger partial charge in [0.1, 0.15) is 16.5 Å². The first-order chi connectivity index (χ1) is 10.2. The van der Waals surface area contributed by atoms with E-state index in [1.807, 2.05) is 19.1 Å². The fourth-order valence-corrected chi connectivity index (χ4v) is 2.37. The second kappa shape index (κ2) is 5.84. The Morgan fingerprint density at radius 1 is 1.14 bits per heavy atom. The predicted molar refractivity (Wildman–Crippen MR) is 83.2 cm³/mol. The largest absolute Gasteiger partial charge is 0.437 e. The zero-order valence-corrected chi connectivity index (χ0v) is 12.7. The minimum absolute atomic E-state index is 0.350. The quantitative estimate of drug-likeness (QED) is 0.657. The van der Waals surface area contributed by atoms with E-state index in [1.165, 1.54) is 0 Å². The maximum absolute atomic E-state index is 6.16. The molecule has 0 radical (unpaired) electrons. The lowest BCUT2D eigenvalue weighted by atomic mass is 10.2. The summed E-state index contributed by atoms with van der Waals surface area (Å²) >= 11 is 12.1. The molecule has 3 aromatic rings. The number of rotatable bonds is 3. The SMILES string of the molecule is CCc1nc(Cl)cc(Oc2ccc(Cl)c3cccnc23)n1. The van der Waals surface area contributed by atoms with Gasteiger partial charge in [0.15, 0.2) is 5.75 Å². The molecule has 0 atom stereocenters. The van der Waals surface area contributed by atoms with Gasteiger partial charge >= 0.3 is 0 Å². The first-order valence-electron chi connectivity index (χ1n) is 6.42. The molecule has 0 unspecified atom stereocenters. The van der Waals surface area contributed by atoms with Gasteiger partial charge in [0, 0.05) is 24.1 Å². The van der Waals surface area contributed by atoms with Gasteiger partial charge in [-0.1, -0.05) is 30.1 Å². The smallest absolute Gasteiger partial charge is 0.224 e. The van der Waals surface area contributed by atoms with Gasteiger partial charge < -0.3 is 4.74 Å². The molecule has 4 nitrogen and oxygen atoms in total. The van der Waals surface area contributed by atoms with E-state index in [1.54, 1.807) is 24.4 Å². The van der Waals surface area contributed by atoms with Gasteiger partial charge in [-0.25, -0.2) is 4.98 Å². The maximum Gasteiger partial charge on any atom is 0.224 e. The van der Waals surface area contributed by atoms with Gasteiger partial charge in [0.25, 0.3) is 0 Å². The van der Waals surface area contributed by atoms with Crippen molar-refractivity contribution in [2.45, 2.75) is 13.3 Å². The number of ether oxygens (including phenoxy) is 1. The molecule has 106 valence electrons. The van der Waals surface area contributed by atoms with E-state index >= 15 is 0 Å². The van der Waals surface area contributed by atoms with Crippen molar-refractivity contribution in [2.75, 3.05) is 0 Å². The molecular formula is C15H11Cl2N3O. The first kappa shape index (κ1) is 14.0. The number of nitrogens with zero attached hydrogens (tertiary/aromatic N) is 3. The average Bonchev–Trinajstić information content (AvgIpc) is 2.50. The Balaban J connectivity index is 2.06. The number of fused-ring (bicyclic) bond motifs is 1. The van der Waals surface area contributed by atoms with Gasteiger partial charge in [-0.15, -0.1) is 0 Å². The minimum atomic E-state index is 0.350. The highest BCUT2D eigenvalue weighted by molar-refractivity contribution is 6.35. The molecule has 0 aliphatic rings. The summed E-state index contributed by atoms with van der Waals surface area (Å²) in [6.45, 7) is 1.95. The normalized spacial score (nSPS) is 10.8. The van der Waals surface area contributed by atoms with Crippen LogP contribution in [0.3, 0.4) is 0 Å². The first-order valence-corrected chi connectivity index (χ1v) is 7.17. The van der Waals surface area contributed by atoms with Gasteiger partial charge in [-0.2, -0.15) is 4.98 Å². The van der Waals surface area contributed by atoms with E-state index in [-0.39, 0.29) is 0 Å². The zero-order valence-electron chi connectivity index (χ0n) is 11.2. The summed E-state index contributed by atoms with van der Waals surface area (Å²) in [6, 6.07) is 8.82. The molecule has 0 amide bonds. The van der Waals surface area contributed by atoms with Crippen LogP contribution in [0.25, 0.3) is 10.9 Å². The number of aromatic nitrogens is 3. The summed E-state index contributed by atoms with van der Waals surface area (Å²) in [7, 11) is 0. The molecule has 0 saturated carbocycles. The fraction of sp³-hybridized carbons (Fsp3) is 0.133. The summed E-state index contributed by atoms with van der Waals surface area (Å²) in [5.41, 5.74) is 0.679. The van der Waals surface area contributed by atoms with Gasteiger partial charge in [-0.05, 0) is 24.3 Å². The van der Waals surface area contributed by atoms with Crippen LogP contribution in [0.4, 0.5) is 0 Å². The fourth-order valence-electron chi connectivity index (χ4n) is 1.96. The van der Waals surface area contributed by atoms with E-state index < -0.39 is 0 Å². The highest BCUT2D eigenvalue weighted by Gasteiger charge is 2.10. The lowest BCUT2D eigenvalue weighted by molar-refractivity contribution is 0.463. The molecule has 0 aliphatic heterocycles. The molecule has 2 aromatic heterocycles. The van der Waals surface area contributed by atoms with Crippen molar-refractivity contribution < 1.29 is 4.74 Å². The van der Waals surface area contributed by atoms with Crippen LogP contribution in [0.15, 0.2) is 36.5 Å². The van der Waals surface area contributed by atoms with Crippen LogP contribution in [-0.4, -0.2) is 15.0 Å². The second-order valence-electron chi connectivity index (χ2n) is 4.35. The zero-order chi connectivity index (χ0) is 14.8. The Bertz CT molecular complexity index is 808. The lowest BCUT2D eigenvalue weighted by Crippen LogP contribution is -1.97. The molecule has 0 fully saturated rings. The Hall–Kier alpha value is -1.91. The van der Waals surface area contributed by atoms with Gasteiger partial charge in [-0.3, -0.25) is 4.98 Å². The minimum Gasteiger partial charge on any atom is -0.437 e. The van der Waals surface area contributed by atoms with Crippen LogP contribution in [0, 0.1) is 0 Å². The average molecular weight is 320 g/mol. The Morgan fingerprint density at radius 3 is 2.81 bits per heavy atom. The molecule has 0 bridgehead atoms. The van der Waals surface area contributed by atoms with E-state index in [9.17, 15) is 0 Å². The van der Waals surface area contributed by atoms with E-state index in [0.29, 0.717) is 39.6 Å². The van der Waals surface area contributed by atoms with Crippen LogP contribution >= 0.6 is 23.2 Å². The molecule has 2 heterocycles. The van der Waals surface area contributed by atoms with Crippen LogP contribution in [0.1, 0.15) is 12.7 Å². The highest BCUT2D eigenvalue weighted by atomic mass is 35.5. The second-order valence-corrected chi connectivity index (χ2v) is 5.14. The summed E-state index contributed by atoms with van der Waals surface area (Å²) in [5, 5.41) is 1.80. The highest BCUT2D eigenvalue weighted by Crippen LogP contribution is 2.32. The van der Waals surface area contributed by atoms with Gasteiger partial charge in [0.2, 0.25) is 5.88 Å². The number of hydrogen-bond acceptors (Lipinski definition) is 4. The number of aryl methyl sites for hydroxylation is 1. The molecule has 3 rings (SSSR count). The van der Waals surface area contributed by atoms with Crippen LogP contribution in [0.5, 0.6) is 11.6 Å². The van der Waals surface area contributed by atoms with Crippen LogP contribution < -0.4 is 4.74 Å². The number of benzene rings is 1. The van der Waals surface area contributed by atoms with Gasteiger partial charge in [0.05, 0.1) is 5.02 Å². The molecule has 1 aromatic carbocycles.